The molecule has 0 aliphatic carbocycles. The van der Waals surface area contributed by atoms with E-state index in [4.69, 9.17) is 11.6 Å². The van der Waals surface area contributed by atoms with E-state index in [0.29, 0.717) is 16.5 Å². The summed E-state index contributed by atoms with van der Waals surface area (Å²) in [5.41, 5.74) is 5.61. The maximum absolute atomic E-state index is 5.61. The van der Waals surface area contributed by atoms with Gasteiger partial charge in [0.2, 0.25) is 5.96 Å². The van der Waals surface area contributed by atoms with Gasteiger partial charge < -0.3 is 16.5 Å². The van der Waals surface area contributed by atoms with Gasteiger partial charge in [-0.05, 0) is 0 Å². The van der Waals surface area contributed by atoms with Crippen molar-refractivity contribution in [2.24, 2.45) is 16.7 Å². The minimum Gasteiger partial charge on any atom is -0.368 e. The van der Waals surface area contributed by atoms with Crippen LogP contribution in [0.4, 0.5) is 0 Å². The zero-order valence-electron chi connectivity index (χ0n) is 7.53. The van der Waals surface area contributed by atoms with Crippen LogP contribution in [0.1, 0.15) is 13.8 Å². The molecule has 1 saturated heterocycles. The van der Waals surface area contributed by atoms with Crippen LogP contribution in [0.15, 0.2) is 5.10 Å². The molecule has 1 aliphatic heterocycles. The molecule has 2 unspecified atom stereocenters. The van der Waals surface area contributed by atoms with E-state index in [1.165, 1.54) is 0 Å². The molecule has 4 nitrogen and oxygen atoms in total. The number of nitrogens with zero attached hydrogens (tertiary/aromatic N) is 2. The molecule has 70 valence electrons. The molecule has 5 heteroatoms. The Morgan fingerprint density at radius 2 is 1.92 bits per heavy atom. The average molecular weight is 188 g/mol. The van der Waals surface area contributed by atoms with Crippen LogP contribution in [0.2, 0.25) is 0 Å². The maximum Gasteiger partial charge on any atom is 0.213 e. The molecule has 4 N–H and O–H groups in total. The molecule has 1 aliphatic rings. The van der Waals surface area contributed by atoms with Crippen LogP contribution in [-0.4, -0.2) is 34.4 Å². The van der Waals surface area contributed by atoms with E-state index in [1.807, 2.05) is 16.7 Å². The number of nitrogens with two attached hydrogens (primary N) is 2. The number of hydrogen-bond acceptors (Lipinski definition) is 3. The van der Waals surface area contributed by atoms with E-state index >= 15 is 0 Å². The van der Waals surface area contributed by atoms with Crippen molar-refractivity contribution in [1.29, 1.82) is 0 Å². The zero-order chi connectivity index (χ0) is 9.14. The average Bonchev–Trinajstić information content (AvgIpc) is 2.01. The van der Waals surface area contributed by atoms with Gasteiger partial charge in [-0.3, -0.25) is 0 Å². The molecule has 0 bridgehead atoms. The second-order valence-electron chi connectivity index (χ2n) is 3.15. The van der Waals surface area contributed by atoms with Gasteiger partial charge >= 0.3 is 0 Å². The first-order chi connectivity index (χ1) is 5.63. The summed E-state index contributed by atoms with van der Waals surface area (Å²) in [5.74, 6) is 5.56. The fraction of sp³-hybridized carbons (Fsp3) is 0.857. The van der Waals surface area contributed by atoms with Crippen molar-refractivity contribution in [3.8, 4) is 0 Å². The van der Waals surface area contributed by atoms with Crippen molar-refractivity contribution in [3.05, 3.63) is 0 Å². The highest BCUT2D eigenvalue weighted by Gasteiger charge is 2.23. The van der Waals surface area contributed by atoms with Gasteiger partial charge in [0.15, 0.2) is 0 Å². The molecule has 2 atom stereocenters. The first kappa shape index (κ1) is 9.51. The van der Waals surface area contributed by atoms with E-state index in [0.717, 1.165) is 13.1 Å². The third kappa shape index (κ3) is 2.20. The van der Waals surface area contributed by atoms with Crippen LogP contribution in [0.3, 0.4) is 0 Å². The Balaban J connectivity index is 2.55. The fourth-order valence-electron chi connectivity index (χ4n) is 1.45. The monoisotopic (exact) mass is 188 g/mol. The van der Waals surface area contributed by atoms with E-state index < -0.39 is 0 Å². The van der Waals surface area contributed by atoms with Gasteiger partial charge in [0, 0.05) is 23.6 Å². The predicted molar refractivity (Wildman–Crippen MR) is 53.9 cm³/mol. The van der Waals surface area contributed by atoms with Crippen molar-refractivity contribution in [2.75, 3.05) is 13.1 Å². The molecule has 0 spiro atoms. The Morgan fingerprint density at radius 1 is 1.42 bits per heavy atom. The first-order valence-electron chi connectivity index (χ1n) is 4.07. The summed E-state index contributed by atoms with van der Waals surface area (Å²) in [7, 11) is 0. The van der Waals surface area contributed by atoms with Crippen molar-refractivity contribution in [1.82, 2.24) is 4.90 Å². The third-order valence-electron chi connectivity index (χ3n) is 1.88. The lowest BCUT2D eigenvalue weighted by Gasteiger charge is -2.34. The predicted octanol–water partition coefficient (Wildman–Crippen LogP) is 0.000600. The SMILES string of the molecule is CC1CN(C(N)=NN)CC(C)S1. The summed E-state index contributed by atoms with van der Waals surface area (Å²) in [5, 5.41) is 4.70. The lowest BCUT2D eigenvalue weighted by molar-refractivity contribution is 0.405. The van der Waals surface area contributed by atoms with Crippen molar-refractivity contribution < 1.29 is 0 Å². The van der Waals surface area contributed by atoms with Crippen LogP contribution in [0.5, 0.6) is 0 Å². The maximum atomic E-state index is 5.61. The van der Waals surface area contributed by atoms with Crippen LogP contribution in [0, 0.1) is 0 Å². The molecule has 0 aromatic rings. The van der Waals surface area contributed by atoms with E-state index in [9.17, 15) is 0 Å². The standard InChI is InChI=1S/C7H16N4S/c1-5-3-11(7(8)10-9)4-6(2)12-5/h5-6H,3-4,9H2,1-2H3,(H2,8,10). The Bertz CT molecular complexity index is 172. The highest BCUT2D eigenvalue weighted by atomic mass is 32.2. The van der Waals surface area contributed by atoms with Gasteiger partial charge in [0.05, 0.1) is 0 Å². The van der Waals surface area contributed by atoms with Crippen LogP contribution >= 0.6 is 11.8 Å². The van der Waals surface area contributed by atoms with Gasteiger partial charge in [-0.15, -0.1) is 5.10 Å². The lowest BCUT2D eigenvalue weighted by atomic mass is 10.3. The number of hydrazone groups is 1. The Kier molecular flexibility index (Phi) is 3.08. The largest absolute Gasteiger partial charge is 0.368 e. The van der Waals surface area contributed by atoms with E-state index in [2.05, 4.69) is 18.9 Å². The molecular weight excluding hydrogens is 172 g/mol. The van der Waals surface area contributed by atoms with Crippen molar-refractivity contribution in [3.63, 3.8) is 0 Å². The molecular formula is C7H16N4S. The first-order valence-corrected chi connectivity index (χ1v) is 5.01. The van der Waals surface area contributed by atoms with Crippen molar-refractivity contribution >= 4 is 17.7 Å². The molecule has 1 fully saturated rings. The second kappa shape index (κ2) is 3.89. The minimum atomic E-state index is 0.453. The summed E-state index contributed by atoms with van der Waals surface area (Å²) in [6.45, 7) is 6.28. The number of thioether (sulfide) groups is 1. The van der Waals surface area contributed by atoms with Gasteiger partial charge in [-0.25, -0.2) is 0 Å². The molecule has 1 rings (SSSR count). The Morgan fingerprint density at radius 3 is 2.33 bits per heavy atom. The lowest BCUT2D eigenvalue weighted by Crippen LogP contribution is -2.47. The molecule has 0 aromatic carbocycles. The molecule has 1 heterocycles. The summed E-state index contributed by atoms with van der Waals surface area (Å²) >= 11 is 1.98. The molecule has 0 radical (unpaired) electrons. The Labute approximate surface area is 77.4 Å². The smallest absolute Gasteiger partial charge is 0.213 e. The van der Waals surface area contributed by atoms with Crippen molar-refractivity contribution in [2.45, 2.75) is 24.3 Å². The van der Waals surface area contributed by atoms with E-state index in [-0.39, 0.29) is 0 Å². The van der Waals surface area contributed by atoms with Gasteiger partial charge in [-0.2, -0.15) is 11.8 Å². The van der Waals surface area contributed by atoms with Crippen LogP contribution < -0.4 is 11.6 Å². The van der Waals surface area contributed by atoms with Crippen LogP contribution in [-0.2, 0) is 0 Å². The van der Waals surface area contributed by atoms with Gasteiger partial charge in [0.25, 0.3) is 0 Å². The molecule has 0 amide bonds. The third-order valence-corrected chi connectivity index (χ3v) is 3.10. The van der Waals surface area contributed by atoms with Crippen LogP contribution in [0.25, 0.3) is 0 Å². The van der Waals surface area contributed by atoms with E-state index in [1.54, 1.807) is 0 Å². The van der Waals surface area contributed by atoms with Gasteiger partial charge in [0.1, 0.15) is 0 Å². The summed E-state index contributed by atoms with van der Waals surface area (Å²) in [6.07, 6.45) is 0. The summed E-state index contributed by atoms with van der Waals surface area (Å²) in [4.78, 5) is 2.03. The molecule has 12 heavy (non-hydrogen) atoms. The summed E-state index contributed by atoms with van der Waals surface area (Å²) in [6, 6.07) is 0. The quantitative estimate of drug-likeness (QED) is 0.243. The minimum absolute atomic E-state index is 0.453. The fourth-order valence-corrected chi connectivity index (χ4v) is 2.77. The summed E-state index contributed by atoms with van der Waals surface area (Å²) < 4.78 is 0. The zero-order valence-corrected chi connectivity index (χ0v) is 8.34. The van der Waals surface area contributed by atoms with Gasteiger partial charge in [-0.1, -0.05) is 13.8 Å². The normalized spacial score (nSPS) is 32.2. The number of rotatable bonds is 0. The topological polar surface area (TPSA) is 67.6 Å². The highest BCUT2D eigenvalue weighted by Crippen LogP contribution is 2.24. The second-order valence-corrected chi connectivity index (χ2v) is 5.03. The molecule has 0 aromatic heterocycles. The highest BCUT2D eigenvalue weighted by molar-refractivity contribution is 8.00. The Hall–Kier alpha value is -0.580. The number of hydrogen-bond donors (Lipinski definition) is 2. The molecule has 0 saturated carbocycles. The number of guanidine groups is 1.